The average molecular weight is 357 g/mol. The van der Waals surface area contributed by atoms with Crippen LogP contribution in [0, 0.1) is 41.2 Å². The highest BCUT2D eigenvalue weighted by Crippen LogP contribution is 2.37. The molecule has 2 saturated carbocycles. The van der Waals surface area contributed by atoms with Crippen molar-refractivity contribution in [3.05, 3.63) is 47.5 Å². The van der Waals surface area contributed by atoms with Crippen molar-refractivity contribution in [1.29, 1.82) is 0 Å². The van der Waals surface area contributed by atoms with Crippen molar-refractivity contribution in [3.8, 4) is 11.8 Å². The summed E-state index contributed by atoms with van der Waals surface area (Å²) in [5.74, 6) is 6.84. The summed E-state index contributed by atoms with van der Waals surface area (Å²) in [4.78, 5) is 0. The van der Waals surface area contributed by atoms with Crippen molar-refractivity contribution >= 4 is 0 Å². The number of halogens is 2. The van der Waals surface area contributed by atoms with E-state index in [1.807, 2.05) is 6.08 Å². The second-order valence-electron chi connectivity index (χ2n) is 8.10. The number of hydrogen-bond donors (Lipinski definition) is 0. The molecule has 26 heavy (non-hydrogen) atoms. The molecule has 1 aromatic carbocycles. The van der Waals surface area contributed by atoms with Gasteiger partial charge in [0.2, 0.25) is 0 Å². The van der Waals surface area contributed by atoms with E-state index in [0.717, 1.165) is 50.0 Å². The summed E-state index contributed by atoms with van der Waals surface area (Å²) in [6.07, 6.45) is 11.8. The Kier molecular flexibility index (Phi) is 6.52. The monoisotopic (exact) mass is 356 g/mol. The molecule has 0 aromatic heterocycles. The van der Waals surface area contributed by atoms with Gasteiger partial charge >= 0.3 is 0 Å². The fourth-order valence-electron chi connectivity index (χ4n) is 4.53. The van der Waals surface area contributed by atoms with Crippen LogP contribution in [0.4, 0.5) is 8.78 Å². The second-order valence-corrected chi connectivity index (χ2v) is 8.10. The zero-order valence-electron chi connectivity index (χ0n) is 15.9. The third-order valence-corrected chi connectivity index (χ3v) is 6.47. The molecule has 0 aliphatic heterocycles. The fourth-order valence-corrected chi connectivity index (χ4v) is 4.53. The minimum Gasteiger partial charge on any atom is -0.206 e. The molecule has 0 unspecified atom stereocenters. The fraction of sp³-hybridized carbons (Fsp3) is 0.583. The van der Waals surface area contributed by atoms with E-state index < -0.39 is 11.6 Å². The van der Waals surface area contributed by atoms with Crippen LogP contribution in [0.15, 0.2) is 24.8 Å². The molecular weight excluding hydrogens is 326 g/mol. The summed E-state index contributed by atoms with van der Waals surface area (Å²) in [5, 5.41) is 0. The van der Waals surface area contributed by atoms with Crippen LogP contribution in [0.1, 0.15) is 81.8 Å². The van der Waals surface area contributed by atoms with Gasteiger partial charge in [-0.2, -0.15) is 0 Å². The summed E-state index contributed by atoms with van der Waals surface area (Å²) in [7, 11) is 0. The standard InChI is InChI=1S/C24H30F2/c1-3-17-5-7-19(8-6-17)11-14-22-23(25)15-21(16-24(22)26)20-12-9-18(4-2)10-13-20/h4,15-20H,2-3,5-10,12-13H2,1H3. The highest BCUT2D eigenvalue weighted by atomic mass is 19.1. The van der Waals surface area contributed by atoms with Gasteiger partial charge in [-0.15, -0.1) is 6.58 Å². The molecule has 0 amide bonds. The van der Waals surface area contributed by atoms with Gasteiger partial charge in [0.05, 0.1) is 5.56 Å². The molecule has 140 valence electrons. The Morgan fingerprint density at radius 1 is 1.00 bits per heavy atom. The summed E-state index contributed by atoms with van der Waals surface area (Å²) < 4.78 is 29.0. The van der Waals surface area contributed by atoms with E-state index in [0.29, 0.717) is 5.92 Å². The summed E-state index contributed by atoms with van der Waals surface area (Å²) in [6, 6.07) is 3.03. The van der Waals surface area contributed by atoms with Crippen LogP contribution in [0.2, 0.25) is 0 Å². The largest absolute Gasteiger partial charge is 0.206 e. The van der Waals surface area contributed by atoms with Gasteiger partial charge in [-0.25, -0.2) is 8.78 Å². The maximum Gasteiger partial charge on any atom is 0.142 e. The zero-order chi connectivity index (χ0) is 18.5. The van der Waals surface area contributed by atoms with E-state index in [2.05, 4.69) is 25.3 Å². The molecule has 0 saturated heterocycles. The molecule has 3 rings (SSSR count). The quantitative estimate of drug-likeness (QED) is 0.404. The van der Waals surface area contributed by atoms with Gasteiger partial charge in [-0.3, -0.25) is 0 Å². The Balaban J connectivity index is 1.69. The maximum atomic E-state index is 14.5. The number of rotatable bonds is 3. The zero-order valence-corrected chi connectivity index (χ0v) is 15.9. The topological polar surface area (TPSA) is 0 Å². The van der Waals surface area contributed by atoms with Gasteiger partial charge in [0.25, 0.3) is 0 Å². The first-order chi connectivity index (χ1) is 12.6. The molecule has 2 heteroatoms. The third-order valence-electron chi connectivity index (χ3n) is 6.47. The van der Waals surface area contributed by atoms with Crippen molar-refractivity contribution in [1.82, 2.24) is 0 Å². The molecule has 1 aromatic rings. The number of benzene rings is 1. The third kappa shape index (κ3) is 4.56. The van der Waals surface area contributed by atoms with Crippen molar-refractivity contribution < 1.29 is 8.78 Å². The highest BCUT2D eigenvalue weighted by molar-refractivity contribution is 5.40. The average Bonchev–Trinajstić information content (AvgIpc) is 2.67. The first-order valence-corrected chi connectivity index (χ1v) is 10.2. The van der Waals surface area contributed by atoms with E-state index in [1.54, 1.807) is 0 Å². The van der Waals surface area contributed by atoms with Crippen LogP contribution in [0.3, 0.4) is 0 Å². The Morgan fingerprint density at radius 3 is 2.15 bits per heavy atom. The summed E-state index contributed by atoms with van der Waals surface area (Å²) in [6.45, 7) is 6.08. The summed E-state index contributed by atoms with van der Waals surface area (Å²) in [5.41, 5.74) is 0.739. The van der Waals surface area contributed by atoms with E-state index in [9.17, 15) is 8.78 Å². The van der Waals surface area contributed by atoms with Crippen molar-refractivity contribution in [2.75, 3.05) is 0 Å². The van der Waals surface area contributed by atoms with Crippen LogP contribution in [0.5, 0.6) is 0 Å². The van der Waals surface area contributed by atoms with E-state index in [1.165, 1.54) is 31.4 Å². The normalized spacial score (nSPS) is 28.9. The van der Waals surface area contributed by atoms with Crippen LogP contribution in [-0.2, 0) is 0 Å². The number of allylic oxidation sites excluding steroid dienone is 1. The highest BCUT2D eigenvalue weighted by Gasteiger charge is 2.23. The SMILES string of the molecule is C=CC1CCC(c2cc(F)c(C#CC3CCC(CC)CC3)c(F)c2)CC1. The molecule has 2 aliphatic rings. The van der Waals surface area contributed by atoms with Gasteiger partial charge in [-0.1, -0.05) is 31.3 Å². The maximum absolute atomic E-state index is 14.5. The van der Waals surface area contributed by atoms with E-state index in [4.69, 9.17) is 0 Å². The molecule has 0 heterocycles. The molecule has 0 N–H and O–H groups in total. The van der Waals surface area contributed by atoms with E-state index >= 15 is 0 Å². The Morgan fingerprint density at radius 2 is 1.62 bits per heavy atom. The first-order valence-electron chi connectivity index (χ1n) is 10.2. The first kappa shape index (κ1) is 19.2. The van der Waals surface area contributed by atoms with Crippen molar-refractivity contribution in [2.24, 2.45) is 17.8 Å². The molecule has 2 aliphatic carbocycles. The Hall–Kier alpha value is -1.62. The van der Waals surface area contributed by atoms with Gasteiger partial charge < -0.3 is 0 Å². The molecule has 0 radical (unpaired) electrons. The van der Waals surface area contributed by atoms with Crippen LogP contribution < -0.4 is 0 Å². The van der Waals surface area contributed by atoms with E-state index in [-0.39, 0.29) is 17.4 Å². The van der Waals surface area contributed by atoms with Gasteiger partial charge in [0.15, 0.2) is 0 Å². The number of hydrogen-bond acceptors (Lipinski definition) is 0. The lowest BCUT2D eigenvalue weighted by atomic mass is 9.78. The molecule has 0 spiro atoms. The molecule has 0 bridgehead atoms. The Labute approximate surface area is 157 Å². The predicted molar refractivity (Wildman–Crippen MR) is 104 cm³/mol. The van der Waals surface area contributed by atoms with Gasteiger partial charge in [0.1, 0.15) is 11.6 Å². The van der Waals surface area contributed by atoms with Crippen molar-refractivity contribution in [3.63, 3.8) is 0 Å². The van der Waals surface area contributed by atoms with Crippen LogP contribution >= 0.6 is 0 Å². The Bertz CT molecular complexity index is 655. The lowest BCUT2D eigenvalue weighted by Gasteiger charge is -2.27. The van der Waals surface area contributed by atoms with Gasteiger partial charge in [-0.05, 0) is 86.8 Å². The van der Waals surface area contributed by atoms with Crippen LogP contribution in [-0.4, -0.2) is 0 Å². The molecular formula is C24H30F2. The lowest BCUT2D eigenvalue weighted by Crippen LogP contribution is -2.13. The summed E-state index contributed by atoms with van der Waals surface area (Å²) >= 11 is 0. The van der Waals surface area contributed by atoms with Gasteiger partial charge in [0, 0.05) is 5.92 Å². The minimum absolute atomic E-state index is 0.0499. The second kappa shape index (κ2) is 8.85. The van der Waals surface area contributed by atoms with Crippen LogP contribution in [0.25, 0.3) is 0 Å². The minimum atomic E-state index is -0.499. The predicted octanol–water partition coefficient (Wildman–Crippen LogP) is 6.99. The van der Waals surface area contributed by atoms with Crippen molar-refractivity contribution in [2.45, 2.75) is 70.6 Å². The molecule has 0 nitrogen and oxygen atoms in total. The molecule has 2 fully saturated rings. The smallest absolute Gasteiger partial charge is 0.142 e. The molecule has 0 atom stereocenters. The lowest BCUT2D eigenvalue weighted by molar-refractivity contribution is 0.309.